The number of carbonyl (C=O) groups is 1. The van der Waals surface area contributed by atoms with Gasteiger partial charge < -0.3 is 0 Å². The van der Waals surface area contributed by atoms with E-state index in [0.29, 0.717) is 15.2 Å². The van der Waals surface area contributed by atoms with Crippen LogP contribution < -0.4 is 10.9 Å². The van der Waals surface area contributed by atoms with Crippen LogP contribution >= 0.6 is 11.3 Å². The van der Waals surface area contributed by atoms with E-state index < -0.39 is 11.7 Å². The fraction of sp³-hybridized carbons (Fsp3) is 0.273. The monoisotopic (exact) mass is 289 g/mol. The summed E-state index contributed by atoms with van der Waals surface area (Å²) in [7, 11) is 0. The first-order chi connectivity index (χ1) is 8.86. The highest BCUT2D eigenvalue weighted by molar-refractivity contribution is 7.18. The minimum absolute atomic E-state index is 0.250. The van der Waals surface area contributed by atoms with Crippen molar-refractivity contribution in [2.75, 3.05) is 0 Å². The van der Waals surface area contributed by atoms with Crippen LogP contribution in [0, 0.1) is 0 Å². The van der Waals surface area contributed by atoms with Gasteiger partial charge in [0.05, 0.1) is 22.3 Å². The zero-order valence-corrected chi connectivity index (χ0v) is 10.7. The summed E-state index contributed by atoms with van der Waals surface area (Å²) < 4.78 is 38.3. The minimum atomic E-state index is -4.37. The van der Waals surface area contributed by atoms with Gasteiger partial charge in [-0.2, -0.15) is 13.2 Å². The van der Waals surface area contributed by atoms with E-state index >= 15 is 0 Å². The highest BCUT2D eigenvalue weighted by atomic mass is 32.1. The summed E-state index contributed by atoms with van der Waals surface area (Å²) in [5, 5.41) is 0.600. The molecule has 0 bridgehead atoms. The molecule has 19 heavy (non-hydrogen) atoms. The van der Waals surface area contributed by atoms with Gasteiger partial charge in [-0.05, 0) is 18.2 Å². The Morgan fingerprint density at radius 1 is 1.42 bits per heavy atom. The van der Waals surface area contributed by atoms with Crippen molar-refractivity contribution >= 4 is 27.5 Å². The van der Waals surface area contributed by atoms with Crippen LogP contribution in [-0.2, 0) is 17.5 Å². The van der Waals surface area contributed by atoms with Crippen LogP contribution in [0.15, 0.2) is 18.2 Å². The molecule has 2 rings (SSSR count). The predicted molar refractivity (Wildman–Crippen MR) is 65.3 cm³/mol. The zero-order valence-electron chi connectivity index (χ0n) is 9.84. The topological polar surface area (TPSA) is 54.0 Å². The molecule has 0 fully saturated rings. The zero-order chi connectivity index (χ0) is 14.0. The third-order valence-corrected chi connectivity index (χ3v) is 3.30. The summed E-state index contributed by atoms with van der Waals surface area (Å²) in [6.45, 7) is 1.61. The molecule has 1 heterocycles. The molecule has 102 valence electrons. The van der Waals surface area contributed by atoms with Gasteiger partial charge in [-0.25, -0.2) is 10.4 Å². The number of amides is 1. The van der Waals surface area contributed by atoms with E-state index in [0.717, 1.165) is 12.1 Å². The second kappa shape index (κ2) is 5.14. The van der Waals surface area contributed by atoms with Gasteiger partial charge in [-0.15, -0.1) is 11.3 Å². The van der Waals surface area contributed by atoms with Crippen molar-refractivity contribution < 1.29 is 18.0 Å². The smallest absolute Gasteiger partial charge is 0.291 e. The molecule has 2 aromatic rings. The number of nitrogens with zero attached hydrogens (tertiary/aromatic N) is 1. The Hall–Kier alpha value is -1.67. The van der Waals surface area contributed by atoms with E-state index in [1.807, 2.05) is 0 Å². The molecule has 1 aromatic heterocycles. The van der Waals surface area contributed by atoms with E-state index in [4.69, 9.17) is 0 Å². The summed E-state index contributed by atoms with van der Waals surface area (Å²) in [4.78, 5) is 14.7. The number of carbonyl (C=O) groups excluding carboxylic acids is 1. The first kappa shape index (κ1) is 13.8. The molecule has 1 aromatic carbocycles. The average molecular weight is 289 g/mol. The Labute approximate surface area is 110 Å². The van der Waals surface area contributed by atoms with E-state index in [1.165, 1.54) is 24.3 Å². The number of hydrogen-bond acceptors (Lipinski definition) is 4. The highest BCUT2D eigenvalue weighted by Gasteiger charge is 2.30. The van der Waals surface area contributed by atoms with Gasteiger partial charge in [0.15, 0.2) is 0 Å². The Morgan fingerprint density at radius 3 is 2.79 bits per heavy atom. The Morgan fingerprint density at radius 2 is 2.16 bits per heavy atom. The van der Waals surface area contributed by atoms with Crippen molar-refractivity contribution in [3.05, 3.63) is 28.8 Å². The van der Waals surface area contributed by atoms with Crippen LogP contribution in [0.4, 0.5) is 13.2 Å². The SMILES string of the molecule is CC(=O)NNCc1nc2cc(C(F)(F)F)ccc2s1. The molecule has 0 aliphatic heterocycles. The van der Waals surface area contributed by atoms with Gasteiger partial charge in [-0.3, -0.25) is 10.2 Å². The third kappa shape index (κ3) is 3.42. The number of alkyl halides is 3. The number of fused-ring (bicyclic) bond motifs is 1. The van der Waals surface area contributed by atoms with Crippen molar-refractivity contribution in [3.63, 3.8) is 0 Å². The van der Waals surface area contributed by atoms with Gasteiger partial charge in [0.2, 0.25) is 5.91 Å². The lowest BCUT2D eigenvalue weighted by Gasteiger charge is -2.04. The number of halogens is 3. The largest absolute Gasteiger partial charge is 0.416 e. The maximum atomic E-state index is 12.5. The number of hydrogen-bond donors (Lipinski definition) is 2. The lowest BCUT2D eigenvalue weighted by molar-refractivity contribution is -0.137. The molecule has 0 atom stereocenters. The van der Waals surface area contributed by atoms with Crippen LogP contribution in [0.1, 0.15) is 17.5 Å². The molecule has 0 aliphatic rings. The number of nitrogens with one attached hydrogen (secondary N) is 2. The molecule has 0 saturated heterocycles. The van der Waals surface area contributed by atoms with Crippen LogP contribution in [0.2, 0.25) is 0 Å². The van der Waals surface area contributed by atoms with E-state index in [2.05, 4.69) is 15.8 Å². The molecule has 4 nitrogen and oxygen atoms in total. The maximum Gasteiger partial charge on any atom is 0.416 e. The molecular weight excluding hydrogens is 279 g/mol. The van der Waals surface area contributed by atoms with Crippen LogP contribution in [-0.4, -0.2) is 10.9 Å². The van der Waals surface area contributed by atoms with Gasteiger partial charge in [-0.1, -0.05) is 0 Å². The Bertz CT molecular complexity index is 609. The molecule has 0 unspecified atom stereocenters. The summed E-state index contributed by atoms with van der Waals surface area (Å²) >= 11 is 1.28. The fourth-order valence-corrected chi connectivity index (χ4v) is 2.36. The normalized spacial score (nSPS) is 11.8. The molecule has 2 N–H and O–H groups in total. The third-order valence-electron chi connectivity index (χ3n) is 2.26. The second-order valence-corrected chi connectivity index (χ2v) is 4.94. The molecule has 0 aliphatic carbocycles. The van der Waals surface area contributed by atoms with E-state index in [9.17, 15) is 18.0 Å². The van der Waals surface area contributed by atoms with Crippen LogP contribution in [0.25, 0.3) is 10.2 Å². The number of rotatable bonds is 3. The molecule has 0 saturated carbocycles. The predicted octanol–water partition coefficient (Wildman–Crippen LogP) is 2.46. The minimum Gasteiger partial charge on any atom is -0.291 e. The number of hydrazine groups is 1. The first-order valence-electron chi connectivity index (χ1n) is 5.32. The lowest BCUT2D eigenvalue weighted by atomic mass is 10.2. The van der Waals surface area contributed by atoms with Gasteiger partial charge in [0, 0.05) is 6.92 Å². The maximum absolute atomic E-state index is 12.5. The second-order valence-electron chi connectivity index (χ2n) is 3.82. The van der Waals surface area contributed by atoms with Crippen molar-refractivity contribution in [3.8, 4) is 0 Å². The number of benzene rings is 1. The van der Waals surface area contributed by atoms with E-state index in [-0.39, 0.29) is 12.5 Å². The molecule has 0 spiro atoms. The number of thiazole rings is 1. The molecule has 1 amide bonds. The first-order valence-corrected chi connectivity index (χ1v) is 6.14. The van der Waals surface area contributed by atoms with Crippen molar-refractivity contribution in [1.29, 1.82) is 0 Å². The van der Waals surface area contributed by atoms with Gasteiger partial charge >= 0.3 is 6.18 Å². The van der Waals surface area contributed by atoms with Gasteiger partial charge in [0.1, 0.15) is 5.01 Å². The quantitative estimate of drug-likeness (QED) is 0.853. The highest BCUT2D eigenvalue weighted by Crippen LogP contribution is 2.32. The van der Waals surface area contributed by atoms with Crippen LogP contribution in [0.3, 0.4) is 0 Å². The van der Waals surface area contributed by atoms with Crippen molar-refractivity contribution in [2.45, 2.75) is 19.6 Å². The Kier molecular flexibility index (Phi) is 3.72. The lowest BCUT2D eigenvalue weighted by Crippen LogP contribution is -2.34. The van der Waals surface area contributed by atoms with Crippen molar-refractivity contribution in [2.24, 2.45) is 0 Å². The summed E-state index contributed by atoms with van der Waals surface area (Å²) in [5.74, 6) is -0.250. The molecule has 0 radical (unpaired) electrons. The fourth-order valence-electron chi connectivity index (χ4n) is 1.47. The van der Waals surface area contributed by atoms with Crippen LogP contribution in [0.5, 0.6) is 0 Å². The average Bonchev–Trinajstić information content (AvgIpc) is 2.68. The van der Waals surface area contributed by atoms with E-state index in [1.54, 1.807) is 0 Å². The standard InChI is InChI=1S/C11H10F3N3OS/c1-6(18)17-15-5-10-16-8-4-7(11(12,13)14)2-3-9(8)19-10/h2-4,15H,5H2,1H3,(H,17,18). The number of aromatic nitrogens is 1. The van der Waals surface area contributed by atoms with Crippen molar-refractivity contribution in [1.82, 2.24) is 15.8 Å². The molecule has 8 heteroatoms. The summed E-state index contributed by atoms with van der Waals surface area (Å²) in [6.07, 6.45) is -4.37. The Balaban J connectivity index is 2.18. The summed E-state index contributed by atoms with van der Waals surface area (Å²) in [5.41, 5.74) is 4.59. The summed E-state index contributed by atoms with van der Waals surface area (Å²) in [6, 6.07) is 3.46. The molecular formula is C11H10F3N3OS. The van der Waals surface area contributed by atoms with Gasteiger partial charge in [0.25, 0.3) is 0 Å².